The van der Waals surface area contributed by atoms with Crippen molar-refractivity contribution in [2.75, 3.05) is 0 Å². The van der Waals surface area contributed by atoms with Crippen molar-refractivity contribution in [3.05, 3.63) is 70.8 Å². The van der Waals surface area contributed by atoms with E-state index < -0.39 is 0 Å². The number of nitrogens with two attached hydrogens (primary N) is 2. The maximum absolute atomic E-state index is 9.91. The molecule has 0 atom stereocenters. The smallest absolute Gasteiger partial charge is 0.102 e. The molecule has 5 rings (SSSR count). The molecule has 146 valence electrons. The van der Waals surface area contributed by atoms with E-state index in [1.54, 1.807) is 6.07 Å². The number of benzene rings is 5. The second-order valence-corrected chi connectivity index (χ2v) is 6.57. The summed E-state index contributed by atoms with van der Waals surface area (Å²) in [6.45, 7) is 0. The Kier molecular flexibility index (Phi) is 5.58. The Bertz CT molecular complexity index is 1650. The van der Waals surface area contributed by atoms with Crippen LogP contribution in [-0.2, 0) is 0 Å². The third-order valence-corrected chi connectivity index (χ3v) is 5.38. The lowest BCUT2D eigenvalue weighted by Gasteiger charge is -2.17. The third kappa shape index (κ3) is 2.70. The lowest BCUT2D eigenvalue weighted by Crippen LogP contribution is -2.02. The average molecular weight is 421 g/mol. The molecule has 31 heavy (non-hydrogen) atoms. The Morgan fingerprint density at radius 2 is 1.06 bits per heavy atom. The van der Waals surface area contributed by atoms with Crippen molar-refractivity contribution in [1.82, 2.24) is 0 Å². The van der Waals surface area contributed by atoms with Crippen molar-refractivity contribution in [1.29, 1.82) is 21.0 Å². The third-order valence-electron chi connectivity index (χ3n) is 5.38. The highest BCUT2D eigenvalue weighted by Crippen LogP contribution is 2.44. The second kappa shape index (κ2) is 8.13. The fourth-order valence-electron chi connectivity index (χ4n) is 4.32. The van der Waals surface area contributed by atoms with E-state index in [1.807, 2.05) is 48.5 Å². The van der Waals surface area contributed by atoms with Gasteiger partial charge in [-0.3, -0.25) is 11.7 Å². The second-order valence-electron chi connectivity index (χ2n) is 6.57. The van der Waals surface area contributed by atoms with Crippen molar-refractivity contribution in [2.24, 2.45) is 11.7 Å². The molecule has 0 aliphatic carbocycles. The highest BCUT2D eigenvalue weighted by Gasteiger charge is 2.24. The Balaban J connectivity index is 0.000000883. The standard InChI is InChI=1S/C24H8N4.ClH.H4N2/c25-9-14-7-8-16-15-5-1-3-13-4-2-6-17(21(13)15)23-20(12-28)18(10-26)19(11-27)22(14)24(16)23;;1-2/h1-8H;1H;1-2H2. The van der Waals surface area contributed by atoms with E-state index in [2.05, 4.69) is 29.9 Å². The van der Waals surface area contributed by atoms with Gasteiger partial charge in [-0.15, -0.1) is 12.4 Å². The first-order chi connectivity index (χ1) is 14.7. The van der Waals surface area contributed by atoms with Crippen LogP contribution in [0.15, 0.2) is 48.5 Å². The van der Waals surface area contributed by atoms with Gasteiger partial charge in [-0.2, -0.15) is 21.0 Å². The van der Waals surface area contributed by atoms with Gasteiger partial charge in [0.05, 0.1) is 28.3 Å². The summed E-state index contributed by atoms with van der Waals surface area (Å²) in [6.07, 6.45) is 0. The molecule has 0 saturated heterocycles. The van der Waals surface area contributed by atoms with Gasteiger partial charge in [0.15, 0.2) is 0 Å². The van der Waals surface area contributed by atoms with E-state index in [0.717, 1.165) is 26.9 Å². The molecule has 0 radical (unpaired) electrons. The maximum Gasteiger partial charge on any atom is 0.102 e. The Hall–Kier alpha value is -4.43. The van der Waals surface area contributed by atoms with Crippen LogP contribution in [0.3, 0.4) is 0 Å². The summed E-state index contributed by atoms with van der Waals surface area (Å²) in [7, 11) is 0. The average Bonchev–Trinajstić information content (AvgIpc) is 2.82. The summed E-state index contributed by atoms with van der Waals surface area (Å²) in [5.41, 5.74) is 0.620. The minimum atomic E-state index is 0. The van der Waals surface area contributed by atoms with Gasteiger partial charge in [-0.05, 0) is 33.0 Å². The highest BCUT2D eigenvalue weighted by molar-refractivity contribution is 6.35. The normalized spacial score (nSPS) is 9.87. The molecule has 5 aromatic rings. The molecule has 0 amide bonds. The molecule has 0 aliphatic rings. The molecule has 0 saturated carbocycles. The van der Waals surface area contributed by atoms with E-state index >= 15 is 0 Å². The van der Waals surface area contributed by atoms with Crippen molar-refractivity contribution in [3.63, 3.8) is 0 Å². The summed E-state index contributed by atoms with van der Waals surface area (Å²) in [5.74, 6) is 8.00. The molecule has 0 aromatic heterocycles. The van der Waals surface area contributed by atoms with Gasteiger partial charge < -0.3 is 0 Å². The summed E-state index contributed by atoms with van der Waals surface area (Å²) in [6, 6.07) is 23.8. The summed E-state index contributed by atoms with van der Waals surface area (Å²) in [4.78, 5) is 0. The molecule has 4 N–H and O–H groups in total. The van der Waals surface area contributed by atoms with Gasteiger partial charge in [0.1, 0.15) is 18.2 Å². The predicted molar refractivity (Wildman–Crippen MR) is 122 cm³/mol. The first kappa shape index (κ1) is 21.3. The lowest BCUT2D eigenvalue weighted by atomic mass is 9.82. The zero-order chi connectivity index (χ0) is 21.4. The Labute approximate surface area is 183 Å². The van der Waals surface area contributed by atoms with Crippen LogP contribution in [0.4, 0.5) is 0 Å². The zero-order valence-electron chi connectivity index (χ0n) is 16.0. The molecule has 0 fully saturated rings. The van der Waals surface area contributed by atoms with Crippen LogP contribution in [0.2, 0.25) is 0 Å². The molecule has 7 heteroatoms. The van der Waals surface area contributed by atoms with Crippen LogP contribution in [-0.4, -0.2) is 0 Å². The van der Waals surface area contributed by atoms with Crippen LogP contribution in [0.5, 0.6) is 0 Å². The monoisotopic (exact) mass is 420 g/mol. The number of hydrogen-bond acceptors (Lipinski definition) is 6. The number of nitrogens with zero attached hydrogens (tertiary/aromatic N) is 4. The fourth-order valence-corrected chi connectivity index (χ4v) is 4.32. The van der Waals surface area contributed by atoms with Gasteiger partial charge >= 0.3 is 0 Å². The minimum Gasteiger partial charge on any atom is -0.274 e. The van der Waals surface area contributed by atoms with Crippen LogP contribution >= 0.6 is 12.4 Å². The van der Waals surface area contributed by atoms with Crippen molar-refractivity contribution < 1.29 is 0 Å². The Morgan fingerprint density at radius 3 is 1.65 bits per heavy atom. The van der Waals surface area contributed by atoms with E-state index in [9.17, 15) is 21.0 Å². The van der Waals surface area contributed by atoms with Crippen molar-refractivity contribution >= 4 is 55.5 Å². The van der Waals surface area contributed by atoms with Gasteiger partial charge in [0.2, 0.25) is 0 Å². The number of nitriles is 4. The topological polar surface area (TPSA) is 147 Å². The number of rotatable bonds is 0. The number of hydrogen-bond donors (Lipinski definition) is 2. The molecule has 6 nitrogen and oxygen atoms in total. The summed E-state index contributed by atoms with van der Waals surface area (Å²) in [5, 5.41) is 45.6. The van der Waals surface area contributed by atoms with Gasteiger partial charge in [0, 0.05) is 16.2 Å². The SMILES string of the molecule is Cl.N#Cc1c(C#N)c2c(C#N)ccc3c4cccc5cccc(c(c1C#N)c23)c54.NN. The molecule has 0 bridgehead atoms. The van der Waals surface area contributed by atoms with E-state index in [4.69, 9.17) is 0 Å². The molecular weight excluding hydrogens is 408 g/mol. The van der Waals surface area contributed by atoms with E-state index in [1.165, 1.54) is 0 Å². The van der Waals surface area contributed by atoms with E-state index in [-0.39, 0.29) is 29.1 Å². The van der Waals surface area contributed by atoms with E-state index in [0.29, 0.717) is 21.7 Å². The zero-order valence-corrected chi connectivity index (χ0v) is 16.8. The number of hydrazine groups is 1. The first-order valence-corrected chi connectivity index (χ1v) is 8.88. The molecule has 0 aliphatic heterocycles. The molecule has 5 aromatic carbocycles. The van der Waals surface area contributed by atoms with Crippen LogP contribution in [0.25, 0.3) is 43.1 Å². The van der Waals surface area contributed by atoms with Gasteiger partial charge in [-0.25, -0.2) is 0 Å². The largest absolute Gasteiger partial charge is 0.274 e. The lowest BCUT2D eigenvalue weighted by molar-refractivity contribution is 1.26. The van der Waals surface area contributed by atoms with Crippen molar-refractivity contribution in [2.45, 2.75) is 0 Å². The predicted octanol–water partition coefficient (Wildman–Crippen LogP) is 4.46. The minimum absolute atomic E-state index is 0. The van der Waals surface area contributed by atoms with Gasteiger partial charge in [0.25, 0.3) is 0 Å². The number of fused-ring (bicyclic) bond motifs is 2. The quantitative estimate of drug-likeness (QED) is 0.163. The van der Waals surface area contributed by atoms with Gasteiger partial charge in [-0.1, -0.05) is 42.5 Å². The summed E-state index contributed by atoms with van der Waals surface area (Å²) >= 11 is 0. The maximum atomic E-state index is 9.91. The molecule has 0 unspecified atom stereocenters. The number of halogens is 1. The summed E-state index contributed by atoms with van der Waals surface area (Å²) < 4.78 is 0. The van der Waals surface area contributed by atoms with Crippen LogP contribution < -0.4 is 11.7 Å². The molecule has 0 heterocycles. The van der Waals surface area contributed by atoms with Crippen LogP contribution in [0, 0.1) is 45.3 Å². The Morgan fingerprint density at radius 1 is 0.516 bits per heavy atom. The van der Waals surface area contributed by atoms with Crippen LogP contribution in [0.1, 0.15) is 22.3 Å². The van der Waals surface area contributed by atoms with Crippen molar-refractivity contribution in [3.8, 4) is 24.3 Å². The first-order valence-electron chi connectivity index (χ1n) is 8.88. The molecular formula is C24H13ClN6. The highest BCUT2D eigenvalue weighted by atomic mass is 35.5. The molecule has 0 spiro atoms. The fraction of sp³-hybridized carbons (Fsp3) is 0.